The molecule has 10 rings (SSSR count). The standard InChI is InChI=1S/C63H49N/c1-4-6-7-11-27-51-52-28-14-16-30-54(52)62(55-31-17-15-29-53(51)55)46-36-40-48(41-37-46)64(60(22-5-2)50-26-13-12-23-44(50)3)49-42-38-47(39-43-49)63-58-34-20-18-32-56(58)61(45-24-9-8-10-25-45)57-33-19-21-35-59(57)63/h5,7-11,13-22,24-26,28-43H,3-4,6,27H2,1-2H3/b11-7?,22-5-,60-50+. The first-order valence-corrected chi connectivity index (χ1v) is 22.5. The van der Waals surface area contributed by atoms with E-state index in [0.29, 0.717) is 0 Å². The molecule has 0 saturated carbocycles. The van der Waals surface area contributed by atoms with Crippen LogP contribution in [0.15, 0.2) is 212 Å². The molecular weight excluding hydrogens is 771 g/mol. The van der Waals surface area contributed by atoms with Crippen molar-refractivity contribution in [3.05, 3.63) is 240 Å². The molecule has 0 aromatic heterocycles. The average molecular weight is 820 g/mol. The molecule has 0 aliphatic carbocycles. The van der Waals surface area contributed by atoms with E-state index in [2.05, 4.69) is 244 Å². The summed E-state index contributed by atoms with van der Waals surface area (Å²) in [6, 6.07) is 74.9. The van der Waals surface area contributed by atoms with E-state index in [1.165, 1.54) is 82.0 Å². The van der Waals surface area contributed by atoms with Gasteiger partial charge in [-0.2, -0.15) is 0 Å². The first-order valence-electron chi connectivity index (χ1n) is 22.5. The van der Waals surface area contributed by atoms with Gasteiger partial charge in [0.25, 0.3) is 0 Å². The van der Waals surface area contributed by atoms with Crippen molar-refractivity contribution in [2.24, 2.45) is 0 Å². The Labute approximate surface area is 376 Å². The fourth-order valence-electron chi connectivity index (χ4n) is 9.68. The number of unbranched alkanes of at least 4 members (excludes halogenated alkanes) is 1. The number of nitrogens with zero attached hydrogens (tertiary/aromatic N) is 1. The van der Waals surface area contributed by atoms with Crippen LogP contribution in [0.4, 0.5) is 11.4 Å². The first kappa shape index (κ1) is 40.2. The molecular formula is C63H49N. The molecule has 1 heteroatoms. The van der Waals surface area contributed by atoms with Gasteiger partial charge in [0.2, 0.25) is 0 Å². The smallest absolute Gasteiger partial charge is 0.0543 e. The predicted molar refractivity (Wildman–Crippen MR) is 276 cm³/mol. The van der Waals surface area contributed by atoms with Gasteiger partial charge in [0.15, 0.2) is 0 Å². The monoisotopic (exact) mass is 819 g/mol. The van der Waals surface area contributed by atoms with Gasteiger partial charge in [-0.3, -0.25) is 0 Å². The van der Waals surface area contributed by atoms with Crippen LogP contribution in [0.1, 0.15) is 32.3 Å². The van der Waals surface area contributed by atoms with Crippen LogP contribution in [-0.2, 0) is 6.42 Å². The number of benzene rings is 9. The molecule has 0 N–H and O–H groups in total. The van der Waals surface area contributed by atoms with E-state index in [-0.39, 0.29) is 0 Å². The molecule has 0 unspecified atom stereocenters. The van der Waals surface area contributed by atoms with Crippen molar-refractivity contribution in [3.8, 4) is 33.4 Å². The summed E-state index contributed by atoms with van der Waals surface area (Å²) in [6.45, 7) is 8.71. The van der Waals surface area contributed by atoms with E-state index >= 15 is 0 Å². The van der Waals surface area contributed by atoms with Crippen LogP contribution in [0.5, 0.6) is 0 Å². The van der Waals surface area contributed by atoms with Gasteiger partial charge in [-0.05, 0) is 144 Å². The van der Waals surface area contributed by atoms with Gasteiger partial charge in [0, 0.05) is 21.8 Å². The van der Waals surface area contributed by atoms with Crippen LogP contribution < -0.4 is 15.3 Å². The van der Waals surface area contributed by atoms with Gasteiger partial charge in [-0.15, -0.1) is 0 Å². The Morgan fingerprint density at radius 2 is 0.922 bits per heavy atom. The maximum atomic E-state index is 4.41. The largest absolute Gasteiger partial charge is 0.310 e. The summed E-state index contributed by atoms with van der Waals surface area (Å²) >= 11 is 0. The fourth-order valence-corrected chi connectivity index (χ4v) is 9.68. The molecule has 0 aliphatic rings. The summed E-state index contributed by atoms with van der Waals surface area (Å²) in [4.78, 5) is 2.35. The minimum Gasteiger partial charge on any atom is -0.310 e. The Kier molecular flexibility index (Phi) is 11.2. The highest BCUT2D eigenvalue weighted by Crippen LogP contribution is 2.45. The molecule has 306 valence electrons. The summed E-state index contributed by atoms with van der Waals surface area (Å²) in [5, 5.41) is 11.9. The van der Waals surface area contributed by atoms with E-state index in [4.69, 9.17) is 0 Å². The molecule has 0 fully saturated rings. The van der Waals surface area contributed by atoms with Crippen molar-refractivity contribution in [1.82, 2.24) is 0 Å². The third-order valence-electron chi connectivity index (χ3n) is 12.5. The van der Waals surface area contributed by atoms with Gasteiger partial charge in [-0.1, -0.05) is 202 Å². The van der Waals surface area contributed by atoms with Crippen LogP contribution in [0.2, 0.25) is 0 Å². The number of fused-ring (bicyclic) bond motifs is 4. The quantitative estimate of drug-likeness (QED) is 0.0928. The summed E-state index contributed by atoms with van der Waals surface area (Å²) in [5.41, 5.74) is 11.8. The molecule has 1 nitrogen and oxygen atoms in total. The third kappa shape index (κ3) is 7.34. The summed E-state index contributed by atoms with van der Waals surface area (Å²) in [6.07, 6.45) is 12.1. The lowest BCUT2D eigenvalue weighted by Crippen LogP contribution is -2.30. The lowest BCUT2D eigenvalue weighted by atomic mass is 9.86. The van der Waals surface area contributed by atoms with Crippen LogP contribution in [0.3, 0.4) is 0 Å². The molecule has 10 aromatic carbocycles. The normalized spacial score (nSPS) is 12.2. The molecule has 0 heterocycles. The molecule has 0 bridgehead atoms. The van der Waals surface area contributed by atoms with E-state index in [1.807, 2.05) is 6.07 Å². The molecule has 0 radical (unpaired) electrons. The lowest BCUT2D eigenvalue weighted by Gasteiger charge is -2.27. The Bertz CT molecular complexity index is 3370. The summed E-state index contributed by atoms with van der Waals surface area (Å²) in [5.74, 6) is 0. The Morgan fingerprint density at radius 1 is 0.500 bits per heavy atom. The molecule has 10 aromatic rings. The SMILES string of the molecule is C=c1c#ccc/c1=C(/C=C\C)N(c1ccc(-c2c3ccccc3c(CC=CCCC)c3ccccc23)cc1)c1ccc(-c2c3ccccc3c(-c3ccccc3)c3ccccc23)cc1. The Hall–Kier alpha value is -7.92. The zero-order valence-corrected chi connectivity index (χ0v) is 36.5. The van der Waals surface area contributed by atoms with Crippen molar-refractivity contribution >= 4 is 66.7 Å². The number of hydrogen-bond acceptors (Lipinski definition) is 1. The Morgan fingerprint density at radius 3 is 1.36 bits per heavy atom. The van der Waals surface area contributed by atoms with E-state index in [0.717, 1.165) is 46.8 Å². The minimum atomic E-state index is 0.799. The van der Waals surface area contributed by atoms with Crippen molar-refractivity contribution in [1.29, 1.82) is 0 Å². The van der Waals surface area contributed by atoms with Crippen LogP contribution in [0.25, 0.3) is 88.7 Å². The molecule has 0 spiro atoms. The molecule has 64 heavy (non-hydrogen) atoms. The van der Waals surface area contributed by atoms with Crippen LogP contribution in [0, 0.1) is 12.1 Å². The highest BCUT2D eigenvalue weighted by Gasteiger charge is 2.20. The van der Waals surface area contributed by atoms with Crippen LogP contribution in [-0.4, -0.2) is 0 Å². The second kappa shape index (κ2) is 17.8. The second-order valence-corrected chi connectivity index (χ2v) is 16.4. The van der Waals surface area contributed by atoms with E-state index in [1.54, 1.807) is 0 Å². The third-order valence-corrected chi connectivity index (χ3v) is 12.5. The minimum absolute atomic E-state index is 0.799. The van der Waals surface area contributed by atoms with Gasteiger partial charge in [0.05, 0.1) is 5.70 Å². The van der Waals surface area contributed by atoms with Gasteiger partial charge in [0.1, 0.15) is 0 Å². The highest BCUT2D eigenvalue weighted by atomic mass is 15.1. The van der Waals surface area contributed by atoms with E-state index in [9.17, 15) is 0 Å². The van der Waals surface area contributed by atoms with Crippen molar-refractivity contribution in [2.45, 2.75) is 33.1 Å². The predicted octanol–water partition coefficient (Wildman–Crippen LogP) is 15.7. The number of allylic oxidation sites excluding steroid dienone is 3. The van der Waals surface area contributed by atoms with Gasteiger partial charge < -0.3 is 4.90 Å². The molecule has 0 amide bonds. The molecule has 0 aliphatic heterocycles. The molecule has 0 saturated heterocycles. The topological polar surface area (TPSA) is 3.24 Å². The van der Waals surface area contributed by atoms with Gasteiger partial charge in [-0.25, -0.2) is 0 Å². The van der Waals surface area contributed by atoms with Crippen molar-refractivity contribution < 1.29 is 0 Å². The zero-order valence-electron chi connectivity index (χ0n) is 36.5. The van der Waals surface area contributed by atoms with Crippen LogP contribution >= 0.6 is 0 Å². The first-order chi connectivity index (χ1) is 31.6. The average Bonchev–Trinajstić information content (AvgIpc) is 3.35. The summed E-state index contributed by atoms with van der Waals surface area (Å²) in [7, 11) is 0. The van der Waals surface area contributed by atoms with Crippen molar-refractivity contribution in [3.63, 3.8) is 0 Å². The van der Waals surface area contributed by atoms with Gasteiger partial charge >= 0.3 is 0 Å². The number of anilines is 2. The highest BCUT2D eigenvalue weighted by molar-refractivity contribution is 6.21. The maximum absolute atomic E-state index is 4.41. The van der Waals surface area contributed by atoms with E-state index < -0.39 is 0 Å². The number of hydrogen-bond donors (Lipinski definition) is 0. The zero-order chi connectivity index (χ0) is 43.4. The van der Waals surface area contributed by atoms with Crippen molar-refractivity contribution in [2.75, 3.05) is 4.90 Å². The molecule has 0 atom stereocenters. The second-order valence-electron chi connectivity index (χ2n) is 16.4. The lowest BCUT2D eigenvalue weighted by molar-refractivity contribution is 0.954. The fraction of sp³-hybridized carbons (Fsp3) is 0.0794. The Balaban J connectivity index is 1.13. The maximum Gasteiger partial charge on any atom is 0.0543 e. The summed E-state index contributed by atoms with van der Waals surface area (Å²) < 4.78 is 0. The number of rotatable bonds is 11.